The van der Waals surface area contributed by atoms with Crippen molar-refractivity contribution in [3.63, 3.8) is 0 Å². The lowest BCUT2D eigenvalue weighted by molar-refractivity contribution is 0.368. The number of nitrogens with zero attached hydrogens (tertiary/aromatic N) is 1. The molecule has 92 valence electrons. The minimum absolute atomic E-state index is 0.0408. The van der Waals surface area contributed by atoms with Gasteiger partial charge in [-0.25, -0.2) is 8.42 Å². The Labute approximate surface area is 94.1 Å². The summed E-state index contributed by atoms with van der Waals surface area (Å²) in [6, 6.07) is 0.369. The molecule has 0 aliphatic heterocycles. The van der Waals surface area contributed by atoms with E-state index in [1.807, 2.05) is 34.6 Å². The Kier molecular flexibility index (Phi) is 6.40. The van der Waals surface area contributed by atoms with Gasteiger partial charge < -0.3 is 5.32 Å². The first-order valence-corrected chi connectivity index (χ1v) is 7.15. The van der Waals surface area contributed by atoms with Crippen molar-refractivity contribution in [2.75, 3.05) is 18.8 Å². The molecule has 0 amide bonds. The van der Waals surface area contributed by atoms with E-state index in [-0.39, 0.29) is 11.8 Å². The standard InChI is InChI=1S/C10H24N2O2S/c1-6-12(10(4)5)15(13,14)8-7-11-9(2)3/h9-11H,6-8H2,1-5H3. The van der Waals surface area contributed by atoms with Crippen molar-refractivity contribution in [1.29, 1.82) is 0 Å². The zero-order valence-electron chi connectivity index (χ0n) is 10.4. The third-order valence-corrected chi connectivity index (χ3v) is 4.27. The lowest BCUT2D eigenvalue weighted by Gasteiger charge is -2.24. The largest absolute Gasteiger partial charge is 0.313 e. The Morgan fingerprint density at radius 1 is 1.20 bits per heavy atom. The Hall–Kier alpha value is -0.130. The smallest absolute Gasteiger partial charge is 0.215 e. The minimum atomic E-state index is -3.10. The van der Waals surface area contributed by atoms with Gasteiger partial charge in [0.1, 0.15) is 0 Å². The van der Waals surface area contributed by atoms with E-state index in [0.717, 1.165) is 0 Å². The van der Waals surface area contributed by atoms with Crippen LogP contribution < -0.4 is 5.32 Å². The molecule has 0 aromatic carbocycles. The van der Waals surface area contributed by atoms with E-state index in [4.69, 9.17) is 0 Å². The lowest BCUT2D eigenvalue weighted by Crippen LogP contribution is -2.41. The zero-order chi connectivity index (χ0) is 12.1. The Morgan fingerprint density at radius 2 is 1.73 bits per heavy atom. The molecule has 0 spiro atoms. The van der Waals surface area contributed by atoms with E-state index in [1.54, 1.807) is 0 Å². The van der Waals surface area contributed by atoms with Gasteiger partial charge in [-0.3, -0.25) is 0 Å². The molecule has 0 saturated heterocycles. The molecule has 0 rings (SSSR count). The van der Waals surface area contributed by atoms with Crippen LogP contribution in [0.25, 0.3) is 0 Å². The molecule has 15 heavy (non-hydrogen) atoms. The van der Waals surface area contributed by atoms with Crippen molar-refractivity contribution in [2.24, 2.45) is 0 Å². The van der Waals surface area contributed by atoms with Crippen LogP contribution in [-0.2, 0) is 10.0 Å². The third kappa shape index (κ3) is 5.49. The molecule has 0 saturated carbocycles. The van der Waals surface area contributed by atoms with Crippen LogP contribution in [0, 0.1) is 0 Å². The van der Waals surface area contributed by atoms with Gasteiger partial charge in [0.25, 0.3) is 0 Å². The third-order valence-electron chi connectivity index (χ3n) is 2.16. The normalized spacial score (nSPS) is 13.1. The van der Waals surface area contributed by atoms with Gasteiger partial charge in [-0.2, -0.15) is 4.31 Å². The van der Waals surface area contributed by atoms with Crippen molar-refractivity contribution >= 4 is 10.0 Å². The van der Waals surface area contributed by atoms with Crippen LogP contribution in [-0.4, -0.2) is 43.6 Å². The predicted octanol–water partition coefficient (Wildman–Crippen LogP) is 1.04. The molecule has 0 aromatic rings. The van der Waals surface area contributed by atoms with E-state index in [1.165, 1.54) is 4.31 Å². The molecular weight excluding hydrogens is 212 g/mol. The first kappa shape index (κ1) is 14.9. The van der Waals surface area contributed by atoms with Crippen LogP contribution in [0.2, 0.25) is 0 Å². The van der Waals surface area contributed by atoms with E-state index >= 15 is 0 Å². The summed E-state index contributed by atoms with van der Waals surface area (Å²) >= 11 is 0. The number of sulfonamides is 1. The topological polar surface area (TPSA) is 49.4 Å². The number of hydrogen-bond acceptors (Lipinski definition) is 3. The van der Waals surface area contributed by atoms with Gasteiger partial charge in [-0.1, -0.05) is 20.8 Å². The molecule has 1 N–H and O–H groups in total. The first-order valence-electron chi connectivity index (χ1n) is 5.54. The van der Waals surface area contributed by atoms with Gasteiger partial charge in [0.15, 0.2) is 0 Å². The van der Waals surface area contributed by atoms with Gasteiger partial charge in [0.2, 0.25) is 10.0 Å². The summed E-state index contributed by atoms with van der Waals surface area (Å²) in [5.74, 6) is 0.178. The zero-order valence-corrected chi connectivity index (χ0v) is 11.3. The van der Waals surface area contributed by atoms with E-state index in [0.29, 0.717) is 19.1 Å². The molecule has 0 bridgehead atoms. The molecule has 0 unspecified atom stereocenters. The van der Waals surface area contributed by atoms with Crippen LogP contribution in [0.4, 0.5) is 0 Å². The van der Waals surface area contributed by atoms with E-state index < -0.39 is 10.0 Å². The van der Waals surface area contributed by atoms with Gasteiger partial charge in [-0.05, 0) is 13.8 Å². The fourth-order valence-corrected chi connectivity index (χ4v) is 3.12. The predicted molar refractivity (Wildman–Crippen MR) is 64.4 cm³/mol. The summed E-state index contributed by atoms with van der Waals surface area (Å²) in [4.78, 5) is 0. The fraction of sp³-hybridized carbons (Fsp3) is 1.00. The maximum atomic E-state index is 11.9. The summed E-state index contributed by atoms with van der Waals surface area (Å²) < 4.78 is 25.3. The molecule has 4 nitrogen and oxygen atoms in total. The van der Waals surface area contributed by atoms with Crippen LogP contribution in [0.1, 0.15) is 34.6 Å². The molecule has 0 aliphatic rings. The van der Waals surface area contributed by atoms with Crippen LogP contribution in [0.5, 0.6) is 0 Å². The second-order valence-corrected chi connectivity index (χ2v) is 6.26. The fourth-order valence-electron chi connectivity index (χ4n) is 1.48. The maximum absolute atomic E-state index is 11.9. The van der Waals surface area contributed by atoms with Crippen molar-refractivity contribution in [3.8, 4) is 0 Å². The summed E-state index contributed by atoms with van der Waals surface area (Å²) in [6.07, 6.45) is 0. The quantitative estimate of drug-likeness (QED) is 0.718. The van der Waals surface area contributed by atoms with Crippen molar-refractivity contribution in [1.82, 2.24) is 9.62 Å². The summed E-state index contributed by atoms with van der Waals surface area (Å²) in [5, 5.41) is 3.11. The molecule has 0 aromatic heterocycles. The average molecular weight is 236 g/mol. The van der Waals surface area contributed by atoms with E-state index in [2.05, 4.69) is 5.32 Å². The summed E-state index contributed by atoms with van der Waals surface area (Å²) in [7, 11) is -3.10. The van der Waals surface area contributed by atoms with Crippen LogP contribution in [0.15, 0.2) is 0 Å². The number of hydrogen-bond donors (Lipinski definition) is 1. The SMILES string of the molecule is CCN(C(C)C)S(=O)(=O)CCNC(C)C. The highest BCUT2D eigenvalue weighted by atomic mass is 32.2. The molecule has 0 radical (unpaired) electrons. The highest BCUT2D eigenvalue weighted by Crippen LogP contribution is 2.06. The second kappa shape index (κ2) is 6.45. The van der Waals surface area contributed by atoms with Gasteiger partial charge >= 0.3 is 0 Å². The second-order valence-electron chi connectivity index (χ2n) is 4.22. The molecule has 0 fully saturated rings. The van der Waals surface area contributed by atoms with Crippen LogP contribution in [0.3, 0.4) is 0 Å². The number of nitrogens with one attached hydrogen (secondary N) is 1. The molecule has 0 atom stereocenters. The van der Waals surface area contributed by atoms with Gasteiger partial charge in [0.05, 0.1) is 5.75 Å². The Balaban J connectivity index is 4.28. The minimum Gasteiger partial charge on any atom is -0.313 e. The number of rotatable bonds is 7. The maximum Gasteiger partial charge on any atom is 0.215 e. The van der Waals surface area contributed by atoms with Crippen molar-refractivity contribution < 1.29 is 8.42 Å². The average Bonchev–Trinajstić information content (AvgIpc) is 2.01. The van der Waals surface area contributed by atoms with Gasteiger partial charge in [0, 0.05) is 25.2 Å². The Bertz CT molecular complexity index is 261. The first-order chi connectivity index (χ1) is 6.81. The van der Waals surface area contributed by atoms with Crippen molar-refractivity contribution in [2.45, 2.75) is 46.7 Å². The summed E-state index contributed by atoms with van der Waals surface area (Å²) in [5.41, 5.74) is 0. The van der Waals surface area contributed by atoms with Crippen molar-refractivity contribution in [3.05, 3.63) is 0 Å². The van der Waals surface area contributed by atoms with E-state index in [9.17, 15) is 8.42 Å². The summed E-state index contributed by atoms with van der Waals surface area (Å²) in [6.45, 7) is 10.7. The van der Waals surface area contributed by atoms with Crippen LogP contribution >= 0.6 is 0 Å². The molecular formula is C10H24N2O2S. The van der Waals surface area contributed by atoms with Gasteiger partial charge in [-0.15, -0.1) is 0 Å². The highest BCUT2D eigenvalue weighted by Gasteiger charge is 2.22. The monoisotopic (exact) mass is 236 g/mol. The Morgan fingerprint density at radius 3 is 2.07 bits per heavy atom. The highest BCUT2D eigenvalue weighted by molar-refractivity contribution is 7.89. The molecule has 0 aliphatic carbocycles. The molecule has 5 heteroatoms. The molecule has 0 heterocycles. The lowest BCUT2D eigenvalue weighted by atomic mass is 10.4.